The van der Waals surface area contributed by atoms with Crippen LogP contribution in [0.1, 0.15) is 25.5 Å². The van der Waals surface area contributed by atoms with E-state index in [-0.39, 0.29) is 0 Å². The van der Waals surface area contributed by atoms with Crippen LogP contribution in [-0.4, -0.2) is 36.8 Å². The number of aliphatic imine (C=N–C) groups is 1. The summed E-state index contributed by atoms with van der Waals surface area (Å²) in [5.41, 5.74) is 0.970. The Balaban J connectivity index is 1.78. The first-order valence-corrected chi connectivity index (χ1v) is 8.47. The summed E-state index contributed by atoms with van der Waals surface area (Å²) in [5, 5.41) is 7.57. The second-order valence-corrected chi connectivity index (χ2v) is 6.24. The van der Waals surface area contributed by atoms with Gasteiger partial charge in [0.05, 0.1) is 18.2 Å². The molecule has 1 aromatic heterocycles. The molecule has 0 unspecified atom stereocenters. The van der Waals surface area contributed by atoms with E-state index in [1.807, 2.05) is 24.6 Å². The Morgan fingerprint density at radius 3 is 2.77 bits per heavy atom. The molecule has 0 aromatic carbocycles. The van der Waals surface area contributed by atoms with Gasteiger partial charge in [0.15, 0.2) is 5.96 Å². The van der Waals surface area contributed by atoms with Gasteiger partial charge < -0.3 is 19.9 Å². The second kappa shape index (κ2) is 8.65. The van der Waals surface area contributed by atoms with Crippen molar-refractivity contribution in [2.75, 3.05) is 26.3 Å². The zero-order valence-corrected chi connectivity index (χ0v) is 14.7. The number of nitrogens with one attached hydrogen (secondary N) is 2. The van der Waals surface area contributed by atoms with E-state index in [2.05, 4.69) is 15.6 Å². The van der Waals surface area contributed by atoms with Crippen LogP contribution < -0.4 is 10.6 Å². The van der Waals surface area contributed by atoms with Crippen LogP contribution in [0.2, 0.25) is 10.2 Å². The maximum atomic E-state index is 6.06. The average Bonchev–Trinajstić information content (AvgIpc) is 3.29. The van der Waals surface area contributed by atoms with Crippen molar-refractivity contribution in [3.8, 4) is 0 Å². The lowest BCUT2D eigenvalue weighted by atomic mass is 10.4. The second-order valence-electron chi connectivity index (χ2n) is 5.47. The van der Waals surface area contributed by atoms with E-state index in [1.54, 1.807) is 0 Å². The van der Waals surface area contributed by atoms with Crippen molar-refractivity contribution in [2.24, 2.45) is 18.0 Å². The quantitative estimate of drug-likeness (QED) is 0.432. The zero-order valence-electron chi connectivity index (χ0n) is 13.2. The third kappa shape index (κ3) is 5.38. The van der Waals surface area contributed by atoms with Gasteiger partial charge in [-0.2, -0.15) is 0 Å². The molecular formula is C15H24Cl2N4O. The highest BCUT2D eigenvalue weighted by Gasteiger charge is 2.20. The Morgan fingerprint density at radius 1 is 1.41 bits per heavy atom. The van der Waals surface area contributed by atoms with Crippen molar-refractivity contribution in [1.82, 2.24) is 15.2 Å². The molecule has 0 atom stereocenters. The third-order valence-electron chi connectivity index (χ3n) is 3.55. The van der Waals surface area contributed by atoms with Crippen molar-refractivity contribution in [3.63, 3.8) is 0 Å². The summed E-state index contributed by atoms with van der Waals surface area (Å²) in [6.45, 7) is 5.69. The van der Waals surface area contributed by atoms with Gasteiger partial charge in [-0.1, -0.05) is 23.2 Å². The summed E-state index contributed by atoms with van der Waals surface area (Å²) >= 11 is 12.1. The molecule has 124 valence electrons. The van der Waals surface area contributed by atoms with E-state index >= 15 is 0 Å². The van der Waals surface area contributed by atoms with Gasteiger partial charge in [0.2, 0.25) is 0 Å². The molecule has 1 aromatic rings. The van der Waals surface area contributed by atoms with Crippen LogP contribution in [0.4, 0.5) is 0 Å². The normalized spacial score (nSPS) is 15.2. The highest BCUT2D eigenvalue weighted by Crippen LogP contribution is 2.28. The highest BCUT2D eigenvalue weighted by atomic mass is 35.5. The number of nitrogens with zero attached hydrogens (tertiary/aromatic N) is 2. The van der Waals surface area contributed by atoms with Crippen LogP contribution in [0, 0.1) is 5.92 Å². The zero-order chi connectivity index (χ0) is 15.9. The minimum atomic E-state index is 0.515. The van der Waals surface area contributed by atoms with Gasteiger partial charge in [-0.3, -0.25) is 0 Å². The number of guanidine groups is 1. The van der Waals surface area contributed by atoms with Gasteiger partial charge >= 0.3 is 0 Å². The number of halogens is 2. The summed E-state index contributed by atoms with van der Waals surface area (Å²) in [6.07, 6.45) is 2.64. The number of hydrogen-bond donors (Lipinski definition) is 2. The van der Waals surface area contributed by atoms with Gasteiger partial charge in [0.25, 0.3) is 0 Å². The molecule has 0 amide bonds. The van der Waals surface area contributed by atoms with Gasteiger partial charge in [0, 0.05) is 32.4 Å². The number of ether oxygens (including phenoxy) is 1. The fourth-order valence-corrected chi connectivity index (χ4v) is 2.43. The molecule has 1 saturated carbocycles. The molecule has 22 heavy (non-hydrogen) atoms. The van der Waals surface area contributed by atoms with E-state index in [9.17, 15) is 0 Å². The van der Waals surface area contributed by atoms with Crippen LogP contribution in [0.3, 0.4) is 0 Å². The smallest absolute Gasteiger partial charge is 0.191 e. The molecule has 1 aliphatic rings. The monoisotopic (exact) mass is 346 g/mol. The fraction of sp³-hybridized carbons (Fsp3) is 0.667. The van der Waals surface area contributed by atoms with Crippen LogP contribution in [0.25, 0.3) is 0 Å². The van der Waals surface area contributed by atoms with Crippen molar-refractivity contribution in [3.05, 3.63) is 21.9 Å². The molecule has 7 heteroatoms. The summed E-state index contributed by atoms with van der Waals surface area (Å²) in [6, 6.07) is 1.84. The molecular weight excluding hydrogens is 323 g/mol. The van der Waals surface area contributed by atoms with Gasteiger partial charge in [0.1, 0.15) is 5.15 Å². The van der Waals surface area contributed by atoms with Crippen LogP contribution in [0.5, 0.6) is 0 Å². The highest BCUT2D eigenvalue weighted by molar-refractivity contribution is 6.41. The van der Waals surface area contributed by atoms with E-state index in [4.69, 9.17) is 27.9 Å². The average molecular weight is 347 g/mol. The third-order valence-corrected chi connectivity index (χ3v) is 4.39. The van der Waals surface area contributed by atoms with E-state index in [1.165, 1.54) is 12.8 Å². The SMILES string of the molecule is CCNC(=NCc1cc(Cl)c(Cl)n1C)NCCOCC1CC1. The van der Waals surface area contributed by atoms with Crippen molar-refractivity contribution < 1.29 is 4.74 Å². The molecule has 0 spiro atoms. The number of aromatic nitrogens is 1. The Kier molecular flexibility index (Phi) is 6.86. The lowest BCUT2D eigenvalue weighted by molar-refractivity contribution is 0.129. The van der Waals surface area contributed by atoms with E-state index in [0.29, 0.717) is 23.3 Å². The van der Waals surface area contributed by atoms with Crippen LogP contribution in [-0.2, 0) is 18.3 Å². The first kappa shape index (κ1) is 17.4. The molecule has 1 heterocycles. The van der Waals surface area contributed by atoms with Crippen LogP contribution >= 0.6 is 23.2 Å². The molecule has 0 saturated heterocycles. The molecule has 2 rings (SSSR count). The number of hydrogen-bond acceptors (Lipinski definition) is 2. The van der Waals surface area contributed by atoms with Gasteiger partial charge in [-0.15, -0.1) is 0 Å². The molecule has 0 bridgehead atoms. The number of rotatable bonds is 8. The Labute approximate surface area is 142 Å². The standard InChI is InChI=1S/C15H24Cl2N4O/c1-3-18-15(19-6-7-22-10-11-4-5-11)20-9-12-8-13(16)14(17)21(12)2/h8,11H,3-7,9-10H2,1-2H3,(H2,18,19,20). The van der Waals surface area contributed by atoms with E-state index in [0.717, 1.165) is 37.3 Å². The molecule has 2 N–H and O–H groups in total. The van der Waals surface area contributed by atoms with Crippen LogP contribution in [0.15, 0.2) is 11.1 Å². The van der Waals surface area contributed by atoms with Crippen molar-refractivity contribution >= 4 is 29.2 Å². The van der Waals surface area contributed by atoms with Crippen molar-refractivity contribution in [2.45, 2.75) is 26.3 Å². The predicted octanol–water partition coefficient (Wildman–Crippen LogP) is 2.81. The van der Waals surface area contributed by atoms with E-state index < -0.39 is 0 Å². The molecule has 0 radical (unpaired) electrons. The first-order valence-electron chi connectivity index (χ1n) is 7.71. The fourth-order valence-electron chi connectivity index (χ4n) is 2.02. The Morgan fingerprint density at radius 2 is 2.18 bits per heavy atom. The van der Waals surface area contributed by atoms with Gasteiger partial charge in [-0.25, -0.2) is 4.99 Å². The maximum Gasteiger partial charge on any atom is 0.191 e. The largest absolute Gasteiger partial charge is 0.379 e. The molecule has 5 nitrogen and oxygen atoms in total. The lowest BCUT2D eigenvalue weighted by Gasteiger charge is -2.11. The molecule has 1 aliphatic carbocycles. The summed E-state index contributed by atoms with van der Waals surface area (Å²) < 4.78 is 7.45. The summed E-state index contributed by atoms with van der Waals surface area (Å²) in [5.74, 6) is 1.57. The molecule has 1 fully saturated rings. The van der Waals surface area contributed by atoms with Crippen molar-refractivity contribution in [1.29, 1.82) is 0 Å². The minimum Gasteiger partial charge on any atom is -0.379 e. The summed E-state index contributed by atoms with van der Waals surface area (Å²) in [4.78, 5) is 4.54. The Hall–Kier alpha value is -0.910. The summed E-state index contributed by atoms with van der Waals surface area (Å²) in [7, 11) is 1.88. The Bertz CT molecular complexity index is 512. The van der Waals surface area contributed by atoms with Gasteiger partial charge in [-0.05, 0) is 31.7 Å². The maximum absolute atomic E-state index is 6.06. The first-order chi connectivity index (χ1) is 10.6. The lowest BCUT2D eigenvalue weighted by Crippen LogP contribution is -2.39. The molecule has 0 aliphatic heterocycles. The topological polar surface area (TPSA) is 50.6 Å². The predicted molar refractivity (Wildman–Crippen MR) is 91.8 cm³/mol. The minimum absolute atomic E-state index is 0.515.